The molecule has 3 saturated carbocycles. The van der Waals surface area contributed by atoms with Crippen LogP contribution >= 0.6 is 0 Å². The van der Waals surface area contributed by atoms with Crippen molar-refractivity contribution in [3.63, 3.8) is 0 Å². The van der Waals surface area contributed by atoms with E-state index in [4.69, 9.17) is 4.84 Å². The molecule has 5 rings (SSSR count). The summed E-state index contributed by atoms with van der Waals surface area (Å²) in [6.07, 6.45) is 11.8. The molecule has 1 N–H and O–H groups in total. The van der Waals surface area contributed by atoms with Crippen molar-refractivity contribution in [3.05, 3.63) is 11.6 Å². The fourth-order valence-electron chi connectivity index (χ4n) is 9.62. The van der Waals surface area contributed by atoms with Crippen molar-refractivity contribution in [2.75, 3.05) is 26.3 Å². The Bertz CT molecular complexity index is 1020. The number of nitrogens with zero attached hydrogens (tertiary/aromatic N) is 2. The van der Waals surface area contributed by atoms with Crippen molar-refractivity contribution < 1.29 is 18.8 Å². The van der Waals surface area contributed by atoms with E-state index in [1.165, 1.54) is 29.7 Å². The number of carbonyl (C=O) groups excluding carboxylic acids is 2. The first kappa shape index (κ1) is 28.8. The van der Waals surface area contributed by atoms with E-state index in [1.54, 1.807) is 0 Å². The lowest BCUT2D eigenvalue weighted by atomic mass is 9.46. The third kappa shape index (κ3) is 5.46. The smallest absolute Gasteiger partial charge is 0.313 e. The second-order valence-corrected chi connectivity index (χ2v) is 14.6. The number of halogens is 1. The van der Waals surface area contributed by atoms with Gasteiger partial charge in [-0.15, -0.1) is 0 Å². The second-order valence-electron chi connectivity index (χ2n) is 14.6. The van der Waals surface area contributed by atoms with Crippen molar-refractivity contribution in [2.45, 2.75) is 105 Å². The van der Waals surface area contributed by atoms with E-state index >= 15 is 0 Å². The number of hydrogen-bond acceptors (Lipinski definition) is 5. The molecule has 5 aliphatic rings. The number of hydrogen-bond donors (Lipinski definition) is 1. The van der Waals surface area contributed by atoms with Gasteiger partial charge in [0.1, 0.15) is 6.67 Å². The Labute approximate surface area is 234 Å². The predicted octanol–water partition coefficient (Wildman–Crippen LogP) is 6.70. The summed E-state index contributed by atoms with van der Waals surface area (Å²) in [4.78, 5) is 32.0. The second kappa shape index (κ2) is 10.9. The number of nitrogens with one attached hydrogen (secondary N) is 1. The highest BCUT2D eigenvalue weighted by atomic mass is 19.1. The van der Waals surface area contributed by atoms with Crippen LogP contribution in [0, 0.1) is 39.9 Å². The van der Waals surface area contributed by atoms with Crippen LogP contribution in [0.2, 0.25) is 0 Å². The van der Waals surface area contributed by atoms with Gasteiger partial charge in [-0.3, -0.25) is 9.63 Å². The minimum atomic E-state index is -0.587. The summed E-state index contributed by atoms with van der Waals surface area (Å²) in [5.41, 5.74) is 2.90. The van der Waals surface area contributed by atoms with Crippen LogP contribution in [-0.2, 0) is 9.63 Å². The fourth-order valence-corrected chi connectivity index (χ4v) is 9.62. The average Bonchev–Trinajstić information content (AvgIpc) is 3.43. The van der Waals surface area contributed by atoms with Crippen LogP contribution in [0.1, 0.15) is 98.8 Å². The highest BCUT2D eigenvalue weighted by molar-refractivity contribution is 5.91. The molecule has 1 aliphatic heterocycles. The predicted molar refractivity (Wildman–Crippen MR) is 152 cm³/mol. The van der Waals surface area contributed by atoms with Crippen molar-refractivity contribution in [2.24, 2.45) is 45.1 Å². The summed E-state index contributed by atoms with van der Waals surface area (Å²) in [7, 11) is 0. The van der Waals surface area contributed by atoms with Gasteiger partial charge in [-0.2, -0.15) is 0 Å². The third-order valence-corrected chi connectivity index (χ3v) is 11.8. The van der Waals surface area contributed by atoms with Crippen LogP contribution in [0.15, 0.2) is 16.8 Å². The molecule has 1 saturated heterocycles. The zero-order valence-corrected chi connectivity index (χ0v) is 24.9. The number of ketones is 1. The van der Waals surface area contributed by atoms with E-state index in [2.05, 4.69) is 38.2 Å². The maximum atomic E-state index is 13.3. The van der Waals surface area contributed by atoms with Gasteiger partial charge in [0.25, 0.3) is 0 Å². The molecule has 218 valence electrons. The molecule has 0 aromatic heterocycles. The zero-order chi connectivity index (χ0) is 28.0. The minimum absolute atomic E-state index is 0.0383. The third-order valence-electron chi connectivity index (χ3n) is 11.8. The largest absolute Gasteiger partial charge is 0.436 e. The van der Waals surface area contributed by atoms with Gasteiger partial charge in [-0.1, -0.05) is 38.4 Å². The Morgan fingerprint density at radius 1 is 1.10 bits per heavy atom. The van der Waals surface area contributed by atoms with Gasteiger partial charge in [0, 0.05) is 31.5 Å². The lowest BCUT2D eigenvalue weighted by Gasteiger charge is -2.58. The number of allylic oxidation sites excluding steroid dienone is 1. The number of carbonyl (C=O) groups is 2. The number of rotatable bonds is 7. The molecule has 0 aromatic rings. The topological polar surface area (TPSA) is 71.0 Å². The Morgan fingerprint density at radius 2 is 1.90 bits per heavy atom. The molecule has 6 nitrogen and oxygen atoms in total. The van der Waals surface area contributed by atoms with Crippen LogP contribution in [0.4, 0.5) is 9.18 Å². The normalized spacial score (nSPS) is 39.4. The van der Waals surface area contributed by atoms with Gasteiger partial charge in [-0.25, -0.2) is 9.18 Å². The molecule has 7 atom stereocenters. The Balaban J connectivity index is 1.21. The summed E-state index contributed by atoms with van der Waals surface area (Å²) in [5.74, 6) is 2.60. The summed E-state index contributed by atoms with van der Waals surface area (Å²) in [5, 5.41) is 7.90. The maximum Gasteiger partial charge on any atom is 0.436 e. The van der Waals surface area contributed by atoms with Gasteiger partial charge in [0.05, 0.1) is 12.3 Å². The summed E-state index contributed by atoms with van der Waals surface area (Å²) in [6.45, 7) is 12.3. The van der Waals surface area contributed by atoms with E-state index in [0.29, 0.717) is 48.5 Å². The highest BCUT2D eigenvalue weighted by Crippen LogP contribution is 2.66. The van der Waals surface area contributed by atoms with E-state index < -0.39 is 12.8 Å². The first-order chi connectivity index (χ1) is 18.5. The van der Waals surface area contributed by atoms with Crippen molar-refractivity contribution in [1.82, 2.24) is 10.2 Å². The van der Waals surface area contributed by atoms with Gasteiger partial charge in [0.2, 0.25) is 0 Å². The maximum absolute atomic E-state index is 13.3. The molecular formula is C32H50FN3O3. The van der Waals surface area contributed by atoms with Crippen LogP contribution in [0.5, 0.6) is 0 Å². The molecule has 0 radical (unpaired) electrons. The molecule has 1 amide bonds. The summed E-state index contributed by atoms with van der Waals surface area (Å²) >= 11 is 0. The molecular weight excluding hydrogens is 493 g/mol. The molecule has 7 heteroatoms. The molecule has 1 heterocycles. The van der Waals surface area contributed by atoms with Crippen molar-refractivity contribution >= 4 is 17.6 Å². The van der Waals surface area contributed by atoms with E-state index in [-0.39, 0.29) is 22.8 Å². The standard InChI is InChI=1S/C32H50FN3O3/c1-21(35-39-29(38)36(17-15-33)16-12-23-19-30(2,3)20-34-23)26-8-9-27-25-7-6-22-18-24(37)10-13-31(22,4)28(25)11-14-32(26,27)5/h18,23,25-28,34H,6-17,19-20H2,1-5H3/b35-21+/t23?,25-,26+,27-,28-,31-,32+/m0/s1. The average molecular weight is 544 g/mol. The lowest BCUT2D eigenvalue weighted by Crippen LogP contribution is -2.51. The van der Waals surface area contributed by atoms with Crippen LogP contribution < -0.4 is 5.32 Å². The Kier molecular flexibility index (Phi) is 8.04. The molecule has 0 spiro atoms. The van der Waals surface area contributed by atoms with Crippen molar-refractivity contribution in [3.8, 4) is 0 Å². The first-order valence-electron chi connectivity index (χ1n) is 15.5. The number of oxime groups is 1. The van der Waals surface area contributed by atoms with Crippen molar-refractivity contribution in [1.29, 1.82) is 0 Å². The molecule has 39 heavy (non-hydrogen) atoms. The van der Waals surface area contributed by atoms with Crippen LogP contribution in [-0.4, -0.2) is 54.8 Å². The summed E-state index contributed by atoms with van der Waals surface area (Å²) in [6, 6.07) is 0.341. The molecule has 0 bridgehead atoms. The molecule has 0 aromatic carbocycles. The van der Waals surface area contributed by atoms with E-state index in [9.17, 15) is 14.0 Å². The van der Waals surface area contributed by atoms with Gasteiger partial charge in [-0.05, 0) is 105 Å². The van der Waals surface area contributed by atoms with Gasteiger partial charge in [0.15, 0.2) is 5.78 Å². The fraction of sp³-hybridized carbons (Fsp3) is 0.844. The molecule has 1 unspecified atom stereocenters. The van der Waals surface area contributed by atoms with Gasteiger partial charge < -0.3 is 10.2 Å². The van der Waals surface area contributed by atoms with Crippen LogP contribution in [0.3, 0.4) is 0 Å². The number of amides is 1. The number of fused-ring (bicyclic) bond motifs is 5. The van der Waals surface area contributed by atoms with E-state index in [0.717, 1.165) is 50.8 Å². The minimum Gasteiger partial charge on any atom is -0.313 e. The lowest BCUT2D eigenvalue weighted by molar-refractivity contribution is -0.117. The Hall–Kier alpha value is -1.76. The number of alkyl halides is 1. The first-order valence-corrected chi connectivity index (χ1v) is 15.5. The Morgan fingerprint density at radius 3 is 2.62 bits per heavy atom. The quantitative estimate of drug-likeness (QED) is 0.220. The monoisotopic (exact) mass is 543 g/mol. The van der Waals surface area contributed by atoms with Gasteiger partial charge >= 0.3 is 6.09 Å². The van der Waals surface area contributed by atoms with Crippen LogP contribution in [0.25, 0.3) is 0 Å². The van der Waals surface area contributed by atoms with E-state index in [1.807, 2.05) is 13.0 Å². The summed E-state index contributed by atoms with van der Waals surface area (Å²) < 4.78 is 13.3. The molecule has 4 fully saturated rings. The highest BCUT2D eigenvalue weighted by Gasteiger charge is 2.59. The zero-order valence-electron chi connectivity index (χ0n) is 24.9. The molecule has 4 aliphatic carbocycles. The SMILES string of the molecule is C/C(=N\OC(=O)N(CCF)CCC1CC(C)(C)CN1)[C@H]1CC[C@H]2[C@@H]3CCC4=CC(=O)CC[C@]4(C)[C@H]3CC[C@]12C.